The fraction of sp³-hybridized carbons (Fsp3) is 0.786. The van der Waals surface area contributed by atoms with Crippen molar-refractivity contribution in [2.45, 2.75) is 118 Å². The Bertz CT molecular complexity index is 905. The van der Waals surface area contributed by atoms with Gasteiger partial charge in [0.05, 0.1) is 13.0 Å². The maximum absolute atomic E-state index is 13.2. The van der Waals surface area contributed by atoms with Crippen molar-refractivity contribution in [3.05, 3.63) is 0 Å². The van der Waals surface area contributed by atoms with Gasteiger partial charge >= 0.3 is 5.97 Å². The van der Waals surface area contributed by atoms with E-state index in [0.717, 1.165) is 6.42 Å². The summed E-state index contributed by atoms with van der Waals surface area (Å²) < 4.78 is 5.66. The molecule has 12 heteroatoms. The number of carbonyl (C=O) groups is 6. The van der Waals surface area contributed by atoms with Crippen molar-refractivity contribution in [1.29, 1.82) is 0 Å². The maximum atomic E-state index is 13.2. The van der Waals surface area contributed by atoms with E-state index in [2.05, 4.69) is 26.6 Å². The second-order valence-corrected chi connectivity index (χ2v) is 11.6. The topological polar surface area (TPSA) is 172 Å². The van der Waals surface area contributed by atoms with Crippen molar-refractivity contribution in [1.82, 2.24) is 26.6 Å². The molecule has 5 N–H and O–H groups in total. The lowest BCUT2D eigenvalue weighted by Gasteiger charge is -2.27. The van der Waals surface area contributed by atoms with Gasteiger partial charge in [-0.3, -0.25) is 24.0 Å². The molecular weight excluding hydrogens is 518 g/mol. The molecule has 1 heterocycles. The minimum absolute atomic E-state index is 0.0323. The Hall–Kier alpha value is -3.18. The predicted octanol–water partition coefficient (Wildman–Crippen LogP) is 0.926. The van der Waals surface area contributed by atoms with Gasteiger partial charge in [-0.2, -0.15) is 0 Å². The summed E-state index contributed by atoms with van der Waals surface area (Å²) in [4.78, 5) is 77.7. The highest BCUT2D eigenvalue weighted by atomic mass is 16.5. The van der Waals surface area contributed by atoms with Crippen LogP contribution in [0.15, 0.2) is 0 Å². The maximum Gasteiger partial charge on any atom is 0.329 e. The zero-order valence-electron chi connectivity index (χ0n) is 25.2. The van der Waals surface area contributed by atoms with Crippen LogP contribution in [0.25, 0.3) is 0 Å². The van der Waals surface area contributed by atoms with Crippen molar-refractivity contribution in [3.63, 3.8) is 0 Å². The number of unbranched alkanes of at least 4 members (excludes halogenated alkanes) is 1. The quantitative estimate of drug-likeness (QED) is 0.285. The number of rotatable bonds is 7. The number of amides is 5. The van der Waals surface area contributed by atoms with Gasteiger partial charge in [-0.05, 0) is 37.5 Å². The van der Waals surface area contributed by atoms with Crippen LogP contribution in [0.2, 0.25) is 0 Å². The number of hydrogen-bond donors (Lipinski definition) is 5. The molecule has 3 unspecified atom stereocenters. The average Bonchev–Trinajstić information content (AvgIpc) is 2.85. The van der Waals surface area contributed by atoms with Crippen LogP contribution in [-0.2, 0) is 33.5 Å². The first-order valence-corrected chi connectivity index (χ1v) is 14.3. The van der Waals surface area contributed by atoms with Crippen LogP contribution in [0, 0.1) is 17.8 Å². The van der Waals surface area contributed by atoms with E-state index in [1.807, 2.05) is 20.8 Å². The number of cyclic esters (lactones) is 1. The molecule has 0 saturated carbocycles. The Morgan fingerprint density at radius 1 is 0.775 bits per heavy atom. The van der Waals surface area contributed by atoms with Gasteiger partial charge in [0.1, 0.15) is 30.3 Å². The van der Waals surface area contributed by atoms with Crippen molar-refractivity contribution < 1.29 is 33.5 Å². The zero-order chi connectivity index (χ0) is 30.6. The molecule has 0 radical (unpaired) electrons. The molecule has 0 aromatic carbocycles. The second kappa shape index (κ2) is 16.8. The van der Waals surface area contributed by atoms with E-state index in [0.29, 0.717) is 19.3 Å². The Morgan fingerprint density at radius 2 is 1.40 bits per heavy atom. The molecular formula is C28H49N5O7. The SMILES string of the molecule is CCCCC1CC(=O)NCC(=O)NC(C(C)C)C(=O)N[C@H](CC(C)C)C(=O)N[C@@H](C)C(=O)NC(C(C)C)C(=O)O1. The minimum atomic E-state index is -1.02. The van der Waals surface area contributed by atoms with Crippen molar-refractivity contribution in [3.8, 4) is 0 Å². The molecule has 1 fully saturated rings. The van der Waals surface area contributed by atoms with Crippen LogP contribution in [0.1, 0.15) is 87.5 Å². The Labute approximate surface area is 237 Å². The predicted molar refractivity (Wildman–Crippen MR) is 150 cm³/mol. The van der Waals surface area contributed by atoms with E-state index in [4.69, 9.17) is 4.74 Å². The third-order valence-corrected chi connectivity index (χ3v) is 6.60. The van der Waals surface area contributed by atoms with Gasteiger partial charge in [-0.15, -0.1) is 0 Å². The lowest BCUT2D eigenvalue weighted by atomic mass is 9.99. The van der Waals surface area contributed by atoms with E-state index in [1.54, 1.807) is 27.7 Å². The molecule has 5 amide bonds. The van der Waals surface area contributed by atoms with Crippen LogP contribution < -0.4 is 26.6 Å². The first kappa shape index (κ1) is 34.8. The van der Waals surface area contributed by atoms with Gasteiger partial charge in [0.15, 0.2) is 0 Å². The summed E-state index contributed by atoms with van der Waals surface area (Å²) in [5.74, 6) is -4.07. The highest BCUT2D eigenvalue weighted by Gasteiger charge is 2.33. The smallest absolute Gasteiger partial charge is 0.329 e. The number of esters is 1. The normalized spacial score (nSPS) is 26.6. The monoisotopic (exact) mass is 567 g/mol. The Kier molecular flexibility index (Phi) is 14.6. The largest absolute Gasteiger partial charge is 0.460 e. The number of ether oxygens (including phenoxy) is 1. The first-order chi connectivity index (χ1) is 18.7. The van der Waals surface area contributed by atoms with E-state index in [1.165, 1.54) is 6.92 Å². The van der Waals surface area contributed by atoms with Gasteiger partial charge in [-0.1, -0.05) is 61.3 Å². The van der Waals surface area contributed by atoms with Crippen LogP contribution in [0.3, 0.4) is 0 Å². The third kappa shape index (κ3) is 11.9. The molecule has 40 heavy (non-hydrogen) atoms. The third-order valence-electron chi connectivity index (χ3n) is 6.60. The molecule has 1 saturated heterocycles. The molecule has 0 aromatic rings. The van der Waals surface area contributed by atoms with Gasteiger partial charge in [0, 0.05) is 0 Å². The van der Waals surface area contributed by atoms with Crippen LogP contribution in [0.4, 0.5) is 0 Å². The average molecular weight is 568 g/mol. The number of carbonyl (C=O) groups excluding carboxylic acids is 6. The van der Waals surface area contributed by atoms with Gasteiger partial charge in [0.2, 0.25) is 29.5 Å². The summed E-state index contributed by atoms with van der Waals surface area (Å²) in [7, 11) is 0. The highest BCUT2D eigenvalue weighted by molar-refractivity contribution is 5.95. The van der Waals surface area contributed by atoms with Crippen LogP contribution in [0.5, 0.6) is 0 Å². The molecule has 0 bridgehead atoms. The van der Waals surface area contributed by atoms with Gasteiger partial charge in [0.25, 0.3) is 0 Å². The molecule has 12 nitrogen and oxygen atoms in total. The highest BCUT2D eigenvalue weighted by Crippen LogP contribution is 2.14. The van der Waals surface area contributed by atoms with Crippen LogP contribution in [-0.4, -0.2) is 72.3 Å². The molecule has 0 aliphatic carbocycles. The molecule has 0 aromatic heterocycles. The first-order valence-electron chi connectivity index (χ1n) is 14.3. The van der Waals surface area contributed by atoms with Crippen molar-refractivity contribution >= 4 is 35.5 Å². The van der Waals surface area contributed by atoms with E-state index in [-0.39, 0.29) is 30.7 Å². The summed E-state index contributed by atoms with van der Waals surface area (Å²) in [5, 5.41) is 13.2. The summed E-state index contributed by atoms with van der Waals surface area (Å²) in [6.45, 7) is 13.9. The molecule has 0 spiro atoms. The molecule has 228 valence electrons. The standard InChI is InChI=1S/C28H49N5O7/c1-9-10-11-19-13-21(34)29-14-22(35)32-23(16(4)5)27(38)31-20(12-15(2)3)26(37)30-18(8)25(36)33-24(17(6)7)28(39)40-19/h15-20,23-24H,9-14H2,1-8H3,(H,29,34)(H,30,37)(H,31,38)(H,32,35)(H,33,36)/t18-,19?,20+,23?,24?/m0/s1. The van der Waals surface area contributed by atoms with E-state index in [9.17, 15) is 28.8 Å². The summed E-state index contributed by atoms with van der Waals surface area (Å²) in [6, 6.07) is -3.95. The Balaban J connectivity index is 3.35. The summed E-state index contributed by atoms with van der Waals surface area (Å²) in [5.41, 5.74) is 0. The molecule has 1 aliphatic rings. The van der Waals surface area contributed by atoms with Gasteiger partial charge < -0.3 is 31.3 Å². The summed E-state index contributed by atoms with van der Waals surface area (Å²) >= 11 is 0. The van der Waals surface area contributed by atoms with E-state index >= 15 is 0 Å². The fourth-order valence-corrected chi connectivity index (χ4v) is 4.21. The Morgan fingerprint density at radius 3 is 1.95 bits per heavy atom. The van der Waals surface area contributed by atoms with E-state index < -0.39 is 65.8 Å². The zero-order valence-corrected chi connectivity index (χ0v) is 25.2. The van der Waals surface area contributed by atoms with Crippen molar-refractivity contribution in [2.24, 2.45) is 17.8 Å². The lowest BCUT2D eigenvalue weighted by Crippen LogP contribution is -2.58. The fourth-order valence-electron chi connectivity index (χ4n) is 4.21. The molecule has 1 rings (SSSR count). The molecule has 5 atom stereocenters. The number of nitrogens with one attached hydrogen (secondary N) is 5. The van der Waals surface area contributed by atoms with Crippen LogP contribution >= 0.6 is 0 Å². The lowest BCUT2D eigenvalue weighted by molar-refractivity contribution is -0.156. The molecule has 1 aliphatic heterocycles. The number of hydrogen-bond acceptors (Lipinski definition) is 7. The van der Waals surface area contributed by atoms with Crippen molar-refractivity contribution in [2.75, 3.05) is 6.54 Å². The minimum Gasteiger partial charge on any atom is -0.460 e. The summed E-state index contributed by atoms with van der Waals surface area (Å²) in [6.07, 6.45) is 1.33. The second-order valence-electron chi connectivity index (χ2n) is 11.6. The van der Waals surface area contributed by atoms with Gasteiger partial charge in [-0.25, -0.2) is 4.79 Å².